The maximum Gasteiger partial charge on any atom is 0.225 e. The first-order valence-corrected chi connectivity index (χ1v) is 6.30. The molecule has 0 aromatic carbocycles. The second-order valence-corrected chi connectivity index (χ2v) is 4.83. The third-order valence-corrected chi connectivity index (χ3v) is 3.75. The Morgan fingerprint density at radius 1 is 1.19 bits per heavy atom. The molecule has 90 valence electrons. The van der Waals surface area contributed by atoms with Crippen LogP contribution < -0.4 is 0 Å². The summed E-state index contributed by atoms with van der Waals surface area (Å²) in [7, 11) is 0. The van der Waals surface area contributed by atoms with Crippen LogP contribution >= 0.6 is 0 Å². The summed E-state index contributed by atoms with van der Waals surface area (Å²) in [4.78, 5) is 14.1. The highest BCUT2D eigenvalue weighted by molar-refractivity contribution is 5.87. The van der Waals surface area contributed by atoms with E-state index in [4.69, 9.17) is 5.21 Å². The van der Waals surface area contributed by atoms with Gasteiger partial charge in [0.25, 0.3) is 0 Å². The van der Waals surface area contributed by atoms with E-state index in [1.165, 1.54) is 19.3 Å². The monoisotopic (exact) mass is 224 g/mol. The Hall–Kier alpha value is -1.06. The number of carbonyl (C=O) groups is 1. The van der Waals surface area contributed by atoms with Crippen molar-refractivity contribution in [2.45, 2.75) is 44.9 Å². The van der Waals surface area contributed by atoms with Crippen molar-refractivity contribution >= 4 is 11.6 Å². The first-order chi connectivity index (χ1) is 7.81. The zero-order valence-electron chi connectivity index (χ0n) is 9.69. The van der Waals surface area contributed by atoms with Crippen LogP contribution in [0.2, 0.25) is 0 Å². The summed E-state index contributed by atoms with van der Waals surface area (Å²) in [5.41, 5.74) is 0.827. The molecule has 1 amide bonds. The number of piperidine rings is 1. The highest BCUT2D eigenvalue weighted by atomic mass is 16.4. The van der Waals surface area contributed by atoms with Gasteiger partial charge in [-0.15, -0.1) is 0 Å². The molecule has 4 heteroatoms. The second kappa shape index (κ2) is 5.32. The number of hydrogen-bond acceptors (Lipinski definition) is 3. The second-order valence-electron chi connectivity index (χ2n) is 4.83. The number of amides is 1. The Balaban J connectivity index is 1.85. The lowest BCUT2D eigenvalue weighted by Gasteiger charge is -2.32. The standard InChI is InChI=1S/C12H20N2O2/c15-12(10-4-2-1-3-5-10)14-8-6-11(13-16)7-9-14/h10,16H,1-9H2. The van der Waals surface area contributed by atoms with Crippen LogP contribution in [0.3, 0.4) is 0 Å². The third kappa shape index (κ3) is 2.54. The molecule has 0 unspecified atom stereocenters. The molecule has 0 aromatic rings. The number of likely N-dealkylation sites (tertiary alicyclic amines) is 1. The van der Waals surface area contributed by atoms with Crippen LogP contribution in [0.5, 0.6) is 0 Å². The van der Waals surface area contributed by atoms with Crippen molar-refractivity contribution in [1.29, 1.82) is 0 Å². The maximum atomic E-state index is 12.2. The first-order valence-electron chi connectivity index (χ1n) is 6.30. The van der Waals surface area contributed by atoms with Gasteiger partial charge in [0.1, 0.15) is 0 Å². The molecule has 1 aliphatic carbocycles. The minimum absolute atomic E-state index is 0.265. The summed E-state index contributed by atoms with van der Waals surface area (Å²) in [6.45, 7) is 1.46. The summed E-state index contributed by atoms with van der Waals surface area (Å²) in [5, 5.41) is 11.9. The van der Waals surface area contributed by atoms with Crippen molar-refractivity contribution in [2.75, 3.05) is 13.1 Å². The van der Waals surface area contributed by atoms with Crippen LogP contribution in [0.4, 0.5) is 0 Å². The van der Waals surface area contributed by atoms with Crippen molar-refractivity contribution in [3.63, 3.8) is 0 Å². The molecule has 1 saturated carbocycles. The number of nitrogens with zero attached hydrogens (tertiary/aromatic N) is 2. The highest BCUT2D eigenvalue weighted by Gasteiger charge is 2.27. The van der Waals surface area contributed by atoms with Gasteiger partial charge < -0.3 is 10.1 Å². The topological polar surface area (TPSA) is 52.9 Å². The summed E-state index contributed by atoms with van der Waals surface area (Å²) < 4.78 is 0. The Morgan fingerprint density at radius 3 is 2.38 bits per heavy atom. The first kappa shape index (κ1) is 11.4. The van der Waals surface area contributed by atoms with Crippen LogP contribution in [-0.2, 0) is 4.79 Å². The number of carbonyl (C=O) groups excluding carboxylic acids is 1. The average molecular weight is 224 g/mol. The Labute approximate surface area is 96.3 Å². The van der Waals surface area contributed by atoms with Crippen LogP contribution in [0.15, 0.2) is 5.16 Å². The molecule has 2 rings (SSSR count). The lowest BCUT2D eigenvalue weighted by molar-refractivity contribution is -0.136. The third-order valence-electron chi connectivity index (χ3n) is 3.75. The summed E-state index contributed by atoms with van der Waals surface area (Å²) in [5.74, 6) is 0.595. The largest absolute Gasteiger partial charge is 0.411 e. The molecule has 4 nitrogen and oxygen atoms in total. The molecule has 16 heavy (non-hydrogen) atoms. The molecule has 1 heterocycles. The van der Waals surface area contributed by atoms with Gasteiger partial charge in [-0.3, -0.25) is 4.79 Å². The van der Waals surface area contributed by atoms with Gasteiger partial charge in [-0.25, -0.2) is 0 Å². The summed E-state index contributed by atoms with van der Waals surface area (Å²) in [6, 6.07) is 0. The zero-order chi connectivity index (χ0) is 11.4. The van der Waals surface area contributed by atoms with Gasteiger partial charge in [0.15, 0.2) is 0 Å². The molecule has 2 aliphatic rings. The molecule has 0 radical (unpaired) electrons. The summed E-state index contributed by atoms with van der Waals surface area (Å²) in [6.07, 6.45) is 7.28. The van der Waals surface area contributed by atoms with E-state index in [9.17, 15) is 4.79 Å². The van der Waals surface area contributed by atoms with E-state index >= 15 is 0 Å². The minimum Gasteiger partial charge on any atom is -0.411 e. The van der Waals surface area contributed by atoms with E-state index in [0.717, 1.165) is 44.5 Å². The van der Waals surface area contributed by atoms with Crippen molar-refractivity contribution in [3.8, 4) is 0 Å². The van der Waals surface area contributed by atoms with Crippen LogP contribution in [-0.4, -0.2) is 34.8 Å². The van der Waals surface area contributed by atoms with Crippen LogP contribution in [0.1, 0.15) is 44.9 Å². The molecule has 2 fully saturated rings. The Morgan fingerprint density at radius 2 is 1.81 bits per heavy atom. The van der Waals surface area contributed by atoms with Crippen molar-refractivity contribution in [3.05, 3.63) is 0 Å². The van der Waals surface area contributed by atoms with E-state index in [-0.39, 0.29) is 5.92 Å². The fourth-order valence-corrected chi connectivity index (χ4v) is 2.69. The van der Waals surface area contributed by atoms with Gasteiger partial charge in [0.05, 0.1) is 5.71 Å². The lowest BCUT2D eigenvalue weighted by Crippen LogP contribution is -2.42. The van der Waals surface area contributed by atoms with Crippen molar-refractivity contribution < 1.29 is 10.0 Å². The van der Waals surface area contributed by atoms with E-state index in [2.05, 4.69) is 5.16 Å². The molecule has 1 saturated heterocycles. The van der Waals surface area contributed by atoms with E-state index in [1.807, 2.05) is 4.90 Å². The molecule has 0 atom stereocenters. The number of oxime groups is 1. The Bertz CT molecular complexity index is 273. The fraction of sp³-hybridized carbons (Fsp3) is 0.833. The van der Waals surface area contributed by atoms with Crippen molar-refractivity contribution in [2.24, 2.45) is 11.1 Å². The van der Waals surface area contributed by atoms with E-state index in [1.54, 1.807) is 0 Å². The van der Waals surface area contributed by atoms with Gasteiger partial charge >= 0.3 is 0 Å². The quantitative estimate of drug-likeness (QED) is 0.547. The van der Waals surface area contributed by atoms with Gasteiger partial charge in [-0.05, 0) is 12.8 Å². The smallest absolute Gasteiger partial charge is 0.225 e. The van der Waals surface area contributed by atoms with Gasteiger partial charge in [-0.1, -0.05) is 24.4 Å². The fourth-order valence-electron chi connectivity index (χ4n) is 2.69. The predicted molar refractivity (Wildman–Crippen MR) is 61.6 cm³/mol. The molecule has 0 bridgehead atoms. The van der Waals surface area contributed by atoms with Gasteiger partial charge in [-0.2, -0.15) is 0 Å². The maximum absolute atomic E-state index is 12.2. The molecule has 0 aromatic heterocycles. The predicted octanol–water partition coefficient (Wildman–Crippen LogP) is 2.02. The molecule has 0 spiro atoms. The minimum atomic E-state index is 0.265. The number of hydrogen-bond donors (Lipinski definition) is 1. The zero-order valence-corrected chi connectivity index (χ0v) is 9.69. The van der Waals surface area contributed by atoms with Crippen molar-refractivity contribution in [1.82, 2.24) is 4.90 Å². The normalized spacial score (nSPS) is 23.2. The number of rotatable bonds is 1. The molecule has 1 N–H and O–H groups in total. The highest BCUT2D eigenvalue weighted by Crippen LogP contribution is 2.26. The molecular weight excluding hydrogens is 204 g/mol. The van der Waals surface area contributed by atoms with Crippen LogP contribution in [0, 0.1) is 5.92 Å². The molecular formula is C12H20N2O2. The Kier molecular flexibility index (Phi) is 3.80. The van der Waals surface area contributed by atoms with E-state index in [0.29, 0.717) is 5.91 Å². The van der Waals surface area contributed by atoms with Crippen LogP contribution in [0.25, 0.3) is 0 Å². The molecule has 1 aliphatic heterocycles. The van der Waals surface area contributed by atoms with Gasteiger partial charge in [0, 0.05) is 31.8 Å². The van der Waals surface area contributed by atoms with Gasteiger partial charge in [0.2, 0.25) is 5.91 Å². The lowest BCUT2D eigenvalue weighted by atomic mass is 9.88. The van der Waals surface area contributed by atoms with E-state index < -0.39 is 0 Å². The average Bonchev–Trinajstić information content (AvgIpc) is 2.39. The summed E-state index contributed by atoms with van der Waals surface area (Å²) >= 11 is 0. The SMILES string of the molecule is O=C(C1CCCCC1)N1CCC(=NO)CC1.